The smallest absolute Gasteiger partial charge is 0.327 e. The number of halogens is 1. The average molecular weight is 300 g/mol. The molecule has 0 aromatic heterocycles. The van der Waals surface area contributed by atoms with Crippen molar-refractivity contribution in [2.45, 2.75) is 23.3 Å². The summed E-state index contributed by atoms with van der Waals surface area (Å²) in [5, 5.41) is 3.91. The van der Waals surface area contributed by atoms with Crippen LogP contribution in [0.5, 0.6) is 0 Å². The molecule has 0 radical (unpaired) electrons. The molecule has 1 atom stereocenters. The quantitative estimate of drug-likeness (QED) is 0.647. The minimum atomic E-state index is -0.570. The van der Waals surface area contributed by atoms with E-state index in [1.165, 1.54) is 7.11 Å². The lowest BCUT2D eigenvalue weighted by Crippen LogP contribution is -2.55. The number of hydrogen-bond acceptors (Lipinski definition) is 4. The van der Waals surface area contributed by atoms with Crippen LogP contribution in [0, 0.1) is 5.92 Å². The fourth-order valence-corrected chi connectivity index (χ4v) is 3.55. The zero-order valence-electron chi connectivity index (χ0n) is 11.1. The number of methoxy groups -OCH3 is 1. The van der Waals surface area contributed by atoms with Gasteiger partial charge < -0.3 is 10.1 Å². The molecular weight excluding hydrogens is 282 g/mol. The first-order chi connectivity index (χ1) is 9.12. The fourth-order valence-electron chi connectivity index (χ4n) is 2.21. The Balaban J connectivity index is 2.08. The number of thioether (sulfide) groups is 1. The monoisotopic (exact) mass is 299 g/mol. The molecule has 1 fully saturated rings. The van der Waals surface area contributed by atoms with Gasteiger partial charge in [-0.15, -0.1) is 11.8 Å². The summed E-state index contributed by atoms with van der Waals surface area (Å²) >= 11 is 7.52. The summed E-state index contributed by atoms with van der Waals surface area (Å²) in [6, 6.07) is 7.66. The van der Waals surface area contributed by atoms with Gasteiger partial charge in [-0.3, -0.25) is 4.79 Å². The second-order valence-corrected chi connectivity index (χ2v) is 6.21. The third-order valence-corrected chi connectivity index (χ3v) is 5.01. The standard InChI is InChI=1S/C14H18ClNO2S/c1-16-14(10-3-4-10,13(17)18-2)9-19-12-7-5-11(15)6-8-12/h5-8,10,16H,3-4,9H2,1-2H3. The van der Waals surface area contributed by atoms with Gasteiger partial charge in [-0.2, -0.15) is 0 Å². The molecule has 1 aliphatic carbocycles. The highest BCUT2D eigenvalue weighted by Crippen LogP contribution is 2.43. The molecule has 19 heavy (non-hydrogen) atoms. The summed E-state index contributed by atoms with van der Waals surface area (Å²) in [5.74, 6) is 0.881. The Morgan fingerprint density at radius 2 is 2.11 bits per heavy atom. The van der Waals surface area contributed by atoms with Gasteiger partial charge in [0.1, 0.15) is 5.54 Å². The van der Waals surface area contributed by atoms with E-state index in [-0.39, 0.29) is 5.97 Å². The number of carbonyl (C=O) groups excluding carboxylic acids is 1. The normalized spacial score (nSPS) is 17.8. The second kappa shape index (κ2) is 6.16. The van der Waals surface area contributed by atoms with Crippen LogP contribution in [-0.4, -0.2) is 31.4 Å². The number of rotatable bonds is 6. The summed E-state index contributed by atoms with van der Waals surface area (Å²) < 4.78 is 4.98. The zero-order valence-corrected chi connectivity index (χ0v) is 12.7. The molecule has 0 spiro atoms. The van der Waals surface area contributed by atoms with Crippen LogP contribution < -0.4 is 5.32 Å². The molecule has 2 rings (SSSR count). The average Bonchev–Trinajstić information content (AvgIpc) is 3.26. The van der Waals surface area contributed by atoms with Crippen LogP contribution in [0.2, 0.25) is 5.02 Å². The molecule has 0 amide bonds. The van der Waals surface area contributed by atoms with Gasteiger partial charge in [0.05, 0.1) is 7.11 Å². The number of esters is 1. The van der Waals surface area contributed by atoms with Crippen LogP contribution in [0.3, 0.4) is 0 Å². The van der Waals surface area contributed by atoms with Crippen LogP contribution in [0.1, 0.15) is 12.8 Å². The van der Waals surface area contributed by atoms with Crippen LogP contribution in [0.25, 0.3) is 0 Å². The number of carbonyl (C=O) groups is 1. The van der Waals surface area contributed by atoms with Gasteiger partial charge >= 0.3 is 5.97 Å². The predicted octanol–water partition coefficient (Wildman–Crippen LogP) is 2.97. The van der Waals surface area contributed by atoms with Crippen LogP contribution in [0.15, 0.2) is 29.2 Å². The fraction of sp³-hybridized carbons (Fsp3) is 0.500. The maximum absolute atomic E-state index is 12.1. The SMILES string of the molecule is CNC(CSc1ccc(Cl)cc1)(C(=O)OC)C1CC1. The van der Waals surface area contributed by atoms with E-state index in [0.717, 1.165) is 22.8 Å². The highest BCUT2D eigenvalue weighted by atomic mass is 35.5. The Labute approximate surface area is 123 Å². The van der Waals surface area contributed by atoms with Gasteiger partial charge in [0.25, 0.3) is 0 Å². The molecule has 1 aromatic carbocycles. The third-order valence-electron chi connectivity index (χ3n) is 3.55. The van der Waals surface area contributed by atoms with Gasteiger partial charge in [-0.1, -0.05) is 11.6 Å². The minimum Gasteiger partial charge on any atom is -0.468 e. The number of nitrogens with one attached hydrogen (secondary N) is 1. The van der Waals surface area contributed by atoms with Gasteiger partial charge in [-0.25, -0.2) is 0 Å². The number of hydrogen-bond donors (Lipinski definition) is 1. The van der Waals surface area contributed by atoms with Crippen molar-refractivity contribution in [3.8, 4) is 0 Å². The van der Waals surface area contributed by atoms with Crippen LogP contribution >= 0.6 is 23.4 Å². The van der Waals surface area contributed by atoms with Crippen molar-refractivity contribution >= 4 is 29.3 Å². The lowest BCUT2D eigenvalue weighted by atomic mass is 9.96. The van der Waals surface area contributed by atoms with E-state index in [1.54, 1.807) is 11.8 Å². The van der Waals surface area contributed by atoms with E-state index in [4.69, 9.17) is 16.3 Å². The first-order valence-corrected chi connectivity index (χ1v) is 7.64. The minimum absolute atomic E-state index is 0.168. The predicted molar refractivity (Wildman–Crippen MR) is 78.7 cm³/mol. The largest absolute Gasteiger partial charge is 0.468 e. The molecule has 5 heteroatoms. The Bertz CT molecular complexity index is 447. The highest BCUT2D eigenvalue weighted by Gasteiger charge is 2.50. The summed E-state index contributed by atoms with van der Waals surface area (Å²) in [4.78, 5) is 13.2. The van der Waals surface area contributed by atoms with Gasteiger partial charge in [-0.05, 0) is 50.1 Å². The van der Waals surface area contributed by atoms with Crippen molar-refractivity contribution in [1.29, 1.82) is 0 Å². The van der Waals surface area contributed by atoms with Crippen molar-refractivity contribution in [3.63, 3.8) is 0 Å². The molecule has 0 saturated heterocycles. The molecule has 3 nitrogen and oxygen atoms in total. The molecule has 104 valence electrons. The zero-order chi connectivity index (χ0) is 13.9. The van der Waals surface area contributed by atoms with E-state index in [0.29, 0.717) is 11.7 Å². The third kappa shape index (κ3) is 3.25. The summed E-state index contributed by atoms with van der Waals surface area (Å²) in [6.45, 7) is 0. The molecule has 0 heterocycles. The Morgan fingerprint density at radius 3 is 2.58 bits per heavy atom. The second-order valence-electron chi connectivity index (χ2n) is 4.73. The molecular formula is C14H18ClNO2S. The maximum Gasteiger partial charge on any atom is 0.327 e. The Kier molecular flexibility index (Phi) is 4.76. The highest BCUT2D eigenvalue weighted by molar-refractivity contribution is 7.99. The number of likely N-dealkylation sites (N-methyl/N-ethyl adjacent to an activating group) is 1. The van der Waals surface area contributed by atoms with Gasteiger partial charge in [0.15, 0.2) is 0 Å². The van der Waals surface area contributed by atoms with Gasteiger partial charge in [0.2, 0.25) is 0 Å². The van der Waals surface area contributed by atoms with Crippen molar-refractivity contribution in [2.75, 3.05) is 19.9 Å². The van der Waals surface area contributed by atoms with E-state index in [2.05, 4.69) is 5.32 Å². The van der Waals surface area contributed by atoms with E-state index >= 15 is 0 Å². The van der Waals surface area contributed by atoms with Crippen molar-refractivity contribution in [2.24, 2.45) is 5.92 Å². The summed E-state index contributed by atoms with van der Waals surface area (Å²) in [5.41, 5.74) is -0.570. The molecule has 0 aliphatic heterocycles. The molecule has 1 aliphatic rings. The molecule has 1 unspecified atom stereocenters. The van der Waals surface area contributed by atoms with Crippen LogP contribution in [0.4, 0.5) is 0 Å². The lowest BCUT2D eigenvalue weighted by molar-refractivity contribution is -0.148. The van der Waals surface area contributed by atoms with E-state index < -0.39 is 5.54 Å². The topological polar surface area (TPSA) is 38.3 Å². The first-order valence-electron chi connectivity index (χ1n) is 6.28. The Hall–Kier alpha value is -0.710. The first kappa shape index (κ1) is 14.7. The molecule has 1 saturated carbocycles. The number of benzene rings is 1. The summed E-state index contributed by atoms with van der Waals surface area (Å²) in [7, 11) is 3.28. The molecule has 1 N–H and O–H groups in total. The number of ether oxygens (including phenoxy) is 1. The van der Waals surface area contributed by atoms with Crippen molar-refractivity contribution in [1.82, 2.24) is 5.32 Å². The molecule has 1 aromatic rings. The van der Waals surface area contributed by atoms with Crippen molar-refractivity contribution < 1.29 is 9.53 Å². The Morgan fingerprint density at radius 1 is 1.47 bits per heavy atom. The van der Waals surface area contributed by atoms with E-state index in [9.17, 15) is 4.79 Å². The van der Waals surface area contributed by atoms with Gasteiger partial charge in [0, 0.05) is 15.7 Å². The lowest BCUT2D eigenvalue weighted by Gasteiger charge is -2.30. The molecule has 0 bridgehead atoms. The maximum atomic E-state index is 12.1. The van der Waals surface area contributed by atoms with Crippen molar-refractivity contribution in [3.05, 3.63) is 29.3 Å². The summed E-state index contributed by atoms with van der Waals surface area (Å²) in [6.07, 6.45) is 2.16. The van der Waals surface area contributed by atoms with E-state index in [1.807, 2.05) is 31.3 Å². The van der Waals surface area contributed by atoms with Crippen LogP contribution in [-0.2, 0) is 9.53 Å².